The summed E-state index contributed by atoms with van der Waals surface area (Å²) in [5.41, 5.74) is 2.14. The van der Waals surface area contributed by atoms with Gasteiger partial charge < -0.3 is 15.0 Å². The number of nitrogens with one attached hydrogen (secondary N) is 1. The van der Waals surface area contributed by atoms with Gasteiger partial charge in [0.05, 0.1) is 18.4 Å². The number of pyridine rings is 1. The predicted octanol–water partition coefficient (Wildman–Crippen LogP) is 2.01. The topological polar surface area (TPSA) is 80.2 Å². The van der Waals surface area contributed by atoms with E-state index in [2.05, 4.69) is 20.3 Å². The molecule has 26 heavy (non-hydrogen) atoms. The van der Waals surface area contributed by atoms with Gasteiger partial charge in [0, 0.05) is 38.2 Å². The molecule has 138 valence electrons. The van der Waals surface area contributed by atoms with Crippen LogP contribution >= 0.6 is 0 Å². The lowest BCUT2D eigenvalue weighted by molar-refractivity contribution is -0.128. The molecule has 0 fully saturated rings. The molecule has 2 aromatic heterocycles. The second-order valence-corrected chi connectivity index (χ2v) is 6.55. The summed E-state index contributed by atoms with van der Waals surface area (Å²) in [5, 5.41) is 3.41. The first kappa shape index (κ1) is 18.1. The van der Waals surface area contributed by atoms with E-state index < -0.39 is 0 Å². The van der Waals surface area contributed by atoms with Crippen molar-refractivity contribution < 1.29 is 9.53 Å². The quantitative estimate of drug-likeness (QED) is 0.884. The van der Waals surface area contributed by atoms with Crippen molar-refractivity contribution in [2.75, 3.05) is 25.0 Å². The Kier molecular flexibility index (Phi) is 5.65. The largest absolute Gasteiger partial charge is 0.487 e. The highest BCUT2D eigenvalue weighted by atomic mass is 16.5. The molecule has 0 saturated heterocycles. The SMILES string of the molecule is CC(=O)N1CCc2nc(C)nc(NC[C@@H](C)Oc3cccnc3)c2CC1. The molecule has 1 atom stereocenters. The summed E-state index contributed by atoms with van der Waals surface area (Å²) in [6.07, 6.45) is 4.90. The van der Waals surface area contributed by atoms with Crippen LogP contribution in [-0.4, -0.2) is 51.5 Å². The zero-order valence-electron chi connectivity index (χ0n) is 15.5. The number of hydrogen-bond acceptors (Lipinski definition) is 6. The fraction of sp³-hybridized carbons (Fsp3) is 0.474. The number of amides is 1. The molecule has 0 radical (unpaired) electrons. The highest BCUT2D eigenvalue weighted by Crippen LogP contribution is 2.22. The number of fused-ring (bicyclic) bond motifs is 1. The Hall–Kier alpha value is -2.70. The van der Waals surface area contributed by atoms with Crippen LogP contribution in [0.4, 0.5) is 5.82 Å². The normalized spacial score (nSPS) is 15.0. The molecule has 0 aromatic carbocycles. The average molecular weight is 355 g/mol. The van der Waals surface area contributed by atoms with Crippen LogP contribution in [0.3, 0.4) is 0 Å². The predicted molar refractivity (Wildman–Crippen MR) is 99.2 cm³/mol. The summed E-state index contributed by atoms with van der Waals surface area (Å²) in [5.74, 6) is 2.44. The first-order valence-corrected chi connectivity index (χ1v) is 8.95. The number of carbonyl (C=O) groups excluding carboxylic acids is 1. The van der Waals surface area contributed by atoms with E-state index in [1.54, 1.807) is 19.3 Å². The van der Waals surface area contributed by atoms with E-state index in [-0.39, 0.29) is 12.0 Å². The van der Waals surface area contributed by atoms with Crippen LogP contribution < -0.4 is 10.1 Å². The zero-order chi connectivity index (χ0) is 18.5. The molecule has 0 aliphatic carbocycles. The third kappa shape index (κ3) is 4.47. The number of rotatable bonds is 5. The van der Waals surface area contributed by atoms with Crippen LogP contribution in [-0.2, 0) is 17.6 Å². The molecule has 3 rings (SSSR count). The van der Waals surface area contributed by atoms with Crippen LogP contribution in [0, 0.1) is 6.92 Å². The van der Waals surface area contributed by atoms with Crippen molar-refractivity contribution in [1.29, 1.82) is 0 Å². The average Bonchev–Trinajstić information content (AvgIpc) is 2.83. The Balaban J connectivity index is 1.69. The summed E-state index contributed by atoms with van der Waals surface area (Å²) in [6, 6.07) is 3.74. The van der Waals surface area contributed by atoms with Gasteiger partial charge in [-0.05, 0) is 32.4 Å². The van der Waals surface area contributed by atoms with Crippen molar-refractivity contribution >= 4 is 11.7 Å². The third-order valence-corrected chi connectivity index (χ3v) is 4.43. The number of aryl methyl sites for hydroxylation is 1. The van der Waals surface area contributed by atoms with Gasteiger partial charge in [0.25, 0.3) is 0 Å². The fourth-order valence-corrected chi connectivity index (χ4v) is 3.11. The van der Waals surface area contributed by atoms with Gasteiger partial charge in [-0.25, -0.2) is 9.97 Å². The highest BCUT2D eigenvalue weighted by molar-refractivity contribution is 5.73. The number of ether oxygens (including phenoxy) is 1. The molecule has 3 heterocycles. The van der Waals surface area contributed by atoms with Gasteiger partial charge >= 0.3 is 0 Å². The Labute approximate surface area is 153 Å². The van der Waals surface area contributed by atoms with Gasteiger partial charge in [0.15, 0.2) is 0 Å². The highest BCUT2D eigenvalue weighted by Gasteiger charge is 2.21. The molecule has 0 saturated carbocycles. The van der Waals surface area contributed by atoms with Gasteiger partial charge in [-0.15, -0.1) is 0 Å². The monoisotopic (exact) mass is 355 g/mol. The second-order valence-electron chi connectivity index (χ2n) is 6.55. The smallest absolute Gasteiger partial charge is 0.219 e. The molecule has 7 nitrogen and oxygen atoms in total. The number of anilines is 1. The summed E-state index contributed by atoms with van der Waals surface area (Å²) in [7, 11) is 0. The summed E-state index contributed by atoms with van der Waals surface area (Å²) in [4.78, 5) is 26.8. The molecule has 7 heteroatoms. The minimum Gasteiger partial charge on any atom is -0.487 e. The van der Waals surface area contributed by atoms with Crippen LogP contribution in [0.2, 0.25) is 0 Å². The molecule has 0 unspecified atom stereocenters. The van der Waals surface area contributed by atoms with Crippen LogP contribution in [0.25, 0.3) is 0 Å². The van der Waals surface area contributed by atoms with E-state index >= 15 is 0 Å². The minimum atomic E-state index is -0.0374. The lowest BCUT2D eigenvalue weighted by atomic mass is 10.1. The molecule has 2 aromatic rings. The molecule has 0 bridgehead atoms. The Morgan fingerprint density at radius 2 is 2.15 bits per heavy atom. The maximum absolute atomic E-state index is 11.7. The van der Waals surface area contributed by atoms with Crippen molar-refractivity contribution in [2.45, 2.75) is 39.7 Å². The minimum absolute atomic E-state index is 0.0374. The van der Waals surface area contributed by atoms with Gasteiger partial charge in [0.2, 0.25) is 5.91 Å². The first-order valence-electron chi connectivity index (χ1n) is 8.95. The Bertz CT molecular complexity index is 766. The van der Waals surface area contributed by atoms with Gasteiger partial charge in [-0.1, -0.05) is 0 Å². The number of carbonyl (C=O) groups is 1. The lowest BCUT2D eigenvalue weighted by Gasteiger charge is -2.18. The van der Waals surface area contributed by atoms with Crippen LogP contribution in [0.5, 0.6) is 5.75 Å². The van der Waals surface area contributed by atoms with Crippen molar-refractivity contribution in [3.63, 3.8) is 0 Å². The van der Waals surface area contributed by atoms with Crippen molar-refractivity contribution in [3.8, 4) is 5.75 Å². The maximum Gasteiger partial charge on any atom is 0.219 e. The zero-order valence-corrected chi connectivity index (χ0v) is 15.5. The molecule has 1 amide bonds. The van der Waals surface area contributed by atoms with Gasteiger partial charge in [-0.2, -0.15) is 0 Å². The molecule has 0 spiro atoms. The van der Waals surface area contributed by atoms with Crippen molar-refractivity contribution in [1.82, 2.24) is 19.9 Å². The molecule has 1 N–H and O–H groups in total. The van der Waals surface area contributed by atoms with Crippen molar-refractivity contribution in [3.05, 3.63) is 41.6 Å². The van der Waals surface area contributed by atoms with Crippen LogP contribution in [0.15, 0.2) is 24.5 Å². The fourth-order valence-electron chi connectivity index (χ4n) is 3.11. The standard InChI is InChI=1S/C19H25N5O2/c1-13(26-16-5-4-8-20-12-16)11-21-19-17-6-9-24(15(3)25)10-7-18(17)22-14(2)23-19/h4-5,8,12-13H,6-7,9-11H2,1-3H3,(H,21,22,23)/t13-/m1/s1. The molecular formula is C19H25N5O2. The third-order valence-electron chi connectivity index (χ3n) is 4.43. The Morgan fingerprint density at radius 3 is 2.88 bits per heavy atom. The van der Waals surface area contributed by atoms with Crippen LogP contribution in [0.1, 0.15) is 30.9 Å². The van der Waals surface area contributed by atoms with E-state index in [4.69, 9.17) is 4.74 Å². The summed E-state index contributed by atoms with van der Waals surface area (Å²) < 4.78 is 5.86. The van der Waals surface area contributed by atoms with Gasteiger partial charge in [0.1, 0.15) is 23.5 Å². The first-order chi connectivity index (χ1) is 12.5. The molecule has 1 aliphatic heterocycles. The van der Waals surface area contributed by atoms with E-state index in [0.29, 0.717) is 19.6 Å². The van der Waals surface area contributed by atoms with Gasteiger partial charge in [-0.3, -0.25) is 9.78 Å². The van der Waals surface area contributed by atoms with E-state index in [1.165, 1.54) is 0 Å². The second kappa shape index (κ2) is 8.12. The maximum atomic E-state index is 11.7. The van der Waals surface area contributed by atoms with E-state index in [9.17, 15) is 4.79 Å². The number of hydrogen-bond donors (Lipinski definition) is 1. The lowest BCUT2D eigenvalue weighted by Crippen LogP contribution is -2.31. The number of aromatic nitrogens is 3. The molecular weight excluding hydrogens is 330 g/mol. The van der Waals surface area contributed by atoms with E-state index in [0.717, 1.165) is 41.5 Å². The van der Waals surface area contributed by atoms with Crippen molar-refractivity contribution in [2.24, 2.45) is 0 Å². The number of nitrogens with zero attached hydrogens (tertiary/aromatic N) is 4. The summed E-state index contributed by atoms with van der Waals surface area (Å²) in [6.45, 7) is 7.54. The van der Waals surface area contributed by atoms with E-state index in [1.807, 2.05) is 30.9 Å². The summed E-state index contributed by atoms with van der Waals surface area (Å²) >= 11 is 0. The molecule has 1 aliphatic rings. The Morgan fingerprint density at radius 1 is 1.35 bits per heavy atom.